The normalized spacial score (nSPS) is 17.6. The van der Waals surface area contributed by atoms with Gasteiger partial charge in [-0.15, -0.1) is 0 Å². The molecule has 0 bridgehead atoms. The Labute approximate surface area is 212 Å². The van der Waals surface area contributed by atoms with Gasteiger partial charge in [0.05, 0.1) is 29.1 Å². The number of aryl methyl sites for hydroxylation is 1. The number of ether oxygens (including phenoxy) is 2. The van der Waals surface area contributed by atoms with E-state index in [4.69, 9.17) is 14.6 Å². The number of amides is 2. The summed E-state index contributed by atoms with van der Waals surface area (Å²) in [7, 11) is 3.34. The molecule has 0 radical (unpaired) electrons. The minimum absolute atomic E-state index is 0.0212. The van der Waals surface area contributed by atoms with Gasteiger partial charge < -0.3 is 19.7 Å². The van der Waals surface area contributed by atoms with Gasteiger partial charge in [0.2, 0.25) is 0 Å². The molecule has 9 nitrogen and oxygen atoms in total. The summed E-state index contributed by atoms with van der Waals surface area (Å²) in [5.41, 5.74) is 3.23. The van der Waals surface area contributed by atoms with Crippen LogP contribution in [0.1, 0.15) is 69.2 Å². The third-order valence-corrected chi connectivity index (χ3v) is 7.15. The lowest BCUT2D eigenvalue weighted by Crippen LogP contribution is -2.41. The highest BCUT2D eigenvalue weighted by Crippen LogP contribution is 2.37. The van der Waals surface area contributed by atoms with E-state index >= 15 is 0 Å². The molecule has 1 unspecified atom stereocenters. The molecule has 3 heterocycles. The van der Waals surface area contributed by atoms with Crippen molar-refractivity contribution in [2.24, 2.45) is 11.3 Å². The van der Waals surface area contributed by atoms with Crippen LogP contribution in [-0.2, 0) is 28.9 Å². The summed E-state index contributed by atoms with van der Waals surface area (Å²) >= 11 is 0. The van der Waals surface area contributed by atoms with Crippen LogP contribution >= 0.6 is 0 Å². The summed E-state index contributed by atoms with van der Waals surface area (Å²) in [5, 5.41) is 7.93. The van der Waals surface area contributed by atoms with Gasteiger partial charge in [-0.1, -0.05) is 19.9 Å². The van der Waals surface area contributed by atoms with Crippen molar-refractivity contribution in [3.63, 3.8) is 0 Å². The van der Waals surface area contributed by atoms with Gasteiger partial charge in [0, 0.05) is 51.9 Å². The van der Waals surface area contributed by atoms with Gasteiger partial charge in [0.1, 0.15) is 0 Å². The highest BCUT2D eigenvalue weighted by atomic mass is 16.5. The fourth-order valence-corrected chi connectivity index (χ4v) is 5.01. The van der Waals surface area contributed by atoms with Gasteiger partial charge >= 0.3 is 5.97 Å². The van der Waals surface area contributed by atoms with Gasteiger partial charge in [-0.25, -0.2) is 4.79 Å². The number of aromatic nitrogens is 2. The monoisotopic (exact) mass is 496 g/mol. The predicted molar refractivity (Wildman–Crippen MR) is 134 cm³/mol. The van der Waals surface area contributed by atoms with E-state index in [9.17, 15) is 14.4 Å². The zero-order valence-electron chi connectivity index (χ0n) is 21.6. The first-order chi connectivity index (χ1) is 17.2. The Morgan fingerprint density at radius 2 is 1.97 bits per heavy atom. The van der Waals surface area contributed by atoms with Crippen LogP contribution in [0.5, 0.6) is 0 Å². The third-order valence-electron chi connectivity index (χ3n) is 7.15. The molecule has 1 spiro atoms. The molecule has 194 valence electrons. The van der Waals surface area contributed by atoms with Crippen LogP contribution in [0.3, 0.4) is 0 Å². The van der Waals surface area contributed by atoms with Crippen molar-refractivity contribution in [2.45, 2.75) is 46.1 Å². The van der Waals surface area contributed by atoms with Crippen LogP contribution in [-0.4, -0.2) is 72.9 Å². The Kier molecular flexibility index (Phi) is 7.78. The average molecular weight is 497 g/mol. The molecule has 2 aromatic rings. The summed E-state index contributed by atoms with van der Waals surface area (Å²) in [6.07, 6.45) is 3.25. The van der Waals surface area contributed by atoms with Gasteiger partial charge in [-0.3, -0.25) is 14.3 Å². The van der Waals surface area contributed by atoms with E-state index in [1.165, 1.54) is 4.90 Å². The number of esters is 1. The first-order valence-electron chi connectivity index (χ1n) is 12.7. The maximum atomic E-state index is 13.0. The Morgan fingerprint density at radius 1 is 1.25 bits per heavy atom. The Hall–Kier alpha value is -3.20. The molecule has 1 atom stereocenters. The number of carbonyl (C=O) groups excluding carboxylic acids is 3. The molecule has 0 aliphatic carbocycles. The van der Waals surface area contributed by atoms with Crippen molar-refractivity contribution in [2.75, 3.05) is 40.5 Å². The lowest BCUT2D eigenvalue weighted by atomic mass is 9.76. The fourth-order valence-electron chi connectivity index (χ4n) is 5.01. The molecule has 1 aromatic carbocycles. The molecule has 1 saturated heterocycles. The smallest absolute Gasteiger partial charge is 0.338 e. The van der Waals surface area contributed by atoms with E-state index < -0.39 is 5.97 Å². The number of hydrogen-bond acceptors (Lipinski definition) is 6. The Morgan fingerprint density at radius 3 is 2.67 bits per heavy atom. The molecule has 1 aromatic heterocycles. The van der Waals surface area contributed by atoms with E-state index in [2.05, 4.69) is 5.32 Å². The summed E-state index contributed by atoms with van der Waals surface area (Å²) < 4.78 is 13.1. The van der Waals surface area contributed by atoms with Crippen LogP contribution in [0.15, 0.2) is 24.3 Å². The molecule has 4 rings (SSSR count). The van der Waals surface area contributed by atoms with E-state index in [0.29, 0.717) is 49.4 Å². The van der Waals surface area contributed by atoms with Crippen LogP contribution in [0.2, 0.25) is 0 Å². The van der Waals surface area contributed by atoms with Crippen LogP contribution < -0.4 is 5.32 Å². The van der Waals surface area contributed by atoms with Crippen molar-refractivity contribution < 1.29 is 23.9 Å². The largest absolute Gasteiger partial charge is 0.462 e. The molecular weight excluding hydrogens is 460 g/mol. The first-order valence-corrected chi connectivity index (χ1v) is 12.7. The second kappa shape index (κ2) is 10.8. The number of hydrogen-bond donors (Lipinski definition) is 1. The van der Waals surface area contributed by atoms with E-state index in [-0.39, 0.29) is 29.8 Å². The molecule has 36 heavy (non-hydrogen) atoms. The van der Waals surface area contributed by atoms with Crippen molar-refractivity contribution in [1.29, 1.82) is 0 Å². The number of rotatable bonds is 7. The Balaban J connectivity index is 1.46. The van der Waals surface area contributed by atoms with Crippen molar-refractivity contribution in [1.82, 2.24) is 20.0 Å². The zero-order valence-corrected chi connectivity index (χ0v) is 21.6. The van der Waals surface area contributed by atoms with E-state index in [1.807, 2.05) is 18.5 Å². The molecule has 2 amide bonds. The van der Waals surface area contributed by atoms with Gasteiger partial charge in [0.25, 0.3) is 11.8 Å². The van der Waals surface area contributed by atoms with Crippen LogP contribution in [0, 0.1) is 11.3 Å². The van der Waals surface area contributed by atoms with Crippen molar-refractivity contribution in [3.05, 3.63) is 52.3 Å². The highest BCUT2D eigenvalue weighted by molar-refractivity contribution is 5.98. The van der Waals surface area contributed by atoms with E-state index in [0.717, 1.165) is 30.7 Å². The lowest BCUT2D eigenvalue weighted by molar-refractivity contribution is 0.0151. The predicted octanol–water partition coefficient (Wildman–Crippen LogP) is 2.72. The molecule has 2 aliphatic heterocycles. The van der Waals surface area contributed by atoms with Crippen molar-refractivity contribution >= 4 is 17.8 Å². The van der Waals surface area contributed by atoms with Gasteiger partial charge in [0.15, 0.2) is 0 Å². The van der Waals surface area contributed by atoms with Gasteiger partial charge in [-0.2, -0.15) is 5.10 Å². The summed E-state index contributed by atoms with van der Waals surface area (Å²) in [4.78, 5) is 39.4. The SMILES string of the molecule is CCc1nn(CC(C)COC(=O)c2cccc(C(=O)N(C)C)c2)c2c1C(=O)NCC1(CCOCC1)C2. The number of nitrogens with zero attached hydrogens (tertiary/aromatic N) is 3. The van der Waals surface area contributed by atoms with Crippen LogP contribution in [0.4, 0.5) is 0 Å². The topological polar surface area (TPSA) is 103 Å². The summed E-state index contributed by atoms with van der Waals surface area (Å²) in [6.45, 7) is 6.80. The van der Waals surface area contributed by atoms with Gasteiger partial charge in [-0.05, 0) is 49.3 Å². The molecule has 0 saturated carbocycles. The Bertz CT molecular complexity index is 1130. The summed E-state index contributed by atoms with van der Waals surface area (Å²) in [6, 6.07) is 6.56. The fraction of sp³-hybridized carbons (Fsp3) is 0.556. The lowest BCUT2D eigenvalue weighted by Gasteiger charge is -2.36. The molecule has 1 N–H and O–H groups in total. The maximum Gasteiger partial charge on any atom is 0.338 e. The number of fused-ring (bicyclic) bond motifs is 1. The molecule has 2 aliphatic rings. The quantitative estimate of drug-likeness (QED) is 0.592. The molecular formula is C27H36N4O5. The first kappa shape index (κ1) is 25.9. The average Bonchev–Trinajstić information content (AvgIpc) is 3.15. The molecule has 9 heteroatoms. The number of nitrogens with one attached hydrogen (secondary N) is 1. The zero-order chi connectivity index (χ0) is 25.9. The highest BCUT2D eigenvalue weighted by Gasteiger charge is 2.39. The maximum absolute atomic E-state index is 13.0. The minimum Gasteiger partial charge on any atom is -0.462 e. The summed E-state index contributed by atoms with van der Waals surface area (Å²) in [5.74, 6) is -0.714. The standard InChI is InChI=1S/C27H36N4O5/c1-5-21-23-22(14-27(17-28-24(23)32)9-11-35-12-10-27)31(29-21)15-18(2)16-36-26(34)20-8-6-7-19(13-20)25(33)30(3)4/h6-8,13,18H,5,9-12,14-17H2,1-4H3,(H,28,32). The third kappa shape index (κ3) is 5.46. The van der Waals surface area contributed by atoms with E-state index in [1.54, 1.807) is 38.4 Å². The number of carbonyl (C=O) groups is 3. The second-order valence-corrected chi connectivity index (χ2v) is 10.3. The number of benzene rings is 1. The molecule has 1 fully saturated rings. The van der Waals surface area contributed by atoms with Crippen molar-refractivity contribution in [3.8, 4) is 0 Å². The second-order valence-electron chi connectivity index (χ2n) is 10.3. The minimum atomic E-state index is -0.468. The van der Waals surface area contributed by atoms with Crippen LogP contribution in [0.25, 0.3) is 0 Å².